The summed E-state index contributed by atoms with van der Waals surface area (Å²) < 4.78 is 11.3. The first-order chi connectivity index (χ1) is 8.90. The highest BCUT2D eigenvalue weighted by molar-refractivity contribution is 9.10. The van der Waals surface area contributed by atoms with E-state index in [9.17, 15) is 4.79 Å². The lowest BCUT2D eigenvalue weighted by atomic mass is 10.2. The van der Waals surface area contributed by atoms with Gasteiger partial charge in [0.05, 0.1) is 0 Å². The zero-order valence-corrected chi connectivity index (χ0v) is 14.2. The molecule has 0 aliphatic carbocycles. The number of benzene rings is 1. The van der Waals surface area contributed by atoms with Gasteiger partial charge >= 0.3 is 5.97 Å². The molecule has 0 heterocycles. The number of alkyl halides is 1. The van der Waals surface area contributed by atoms with Crippen molar-refractivity contribution < 1.29 is 14.3 Å². The fourth-order valence-corrected chi connectivity index (χ4v) is 2.03. The van der Waals surface area contributed by atoms with Crippen molar-refractivity contribution in [1.29, 1.82) is 0 Å². The smallest absolute Gasteiger partial charge is 0.333 e. The van der Waals surface area contributed by atoms with E-state index in [4.69, 9.17) is 21.7 Å². The highest BCUT2D eigenvalue weighted by Crippen LogP contribution is 2.14. The summed E-state index contributed by atoms with van der Waals surface area (Å²) >= 11 is 11.7. The van der Waals surface area contributed by atoms with Crippen LogP contribution in [0.25, 0.3) is 0 Å². The normalized spacial score (nSPS) is 11.5. The first kappa shape index (κ1) is 16.3. The van der Waals surface area contributed by atoms with Crippen LogP contribution in [0, 0.1) is 0 Å². The van der Waals surface area contributed by atoms with Crippen molar-refractivity contribution in [3.63, 3.8) is 0 Å². The van der Waals surface area contributed by atoms with Gasteiger partial charge in [-0.2, -0.15) is 0 Å². The molecule has 0 N–H and O–H groups in total. The van der Waals surface area contributed by atoms with Crippen LogP contribution in [0.15, 0.2) is 40.9 Å². The van der Waals surface area contributed by atoms with Gasteiger partial charge < -0.3 is 9.47 Å². The third-order valence-corrected chi connectivity index (χ3v) is 3.32. The standard InChI is InChI=1S/C13H12Br2O3S/c1-8(2)12(16)17-7-11(15)18-13(19)9-3-5-10(14)6-4-9/h3-6,11H,1,7H2,2H3. The molecule has 3 nitrogen and oxygen atoms in total. The number of hydrogen-bond donors (Lipinski definition) is 0. The quantitative estimate of drug-likeness (QED) is 0.320. The van der Waals surface area contributed by atoms with Crippen molar-refractivity contribution in [2.75, 3.05) is 6.61 Å². The maximum absolute atomic E-state index is 11.2. The predicted molar refractivity (Wildman–Crippen MR) is 85.4 cm³/mol. The van der Waals surface area contributed by atoms with Crippen LogP contribution < -0.4 is 0 Å². The predicted octanol–water partition coefficient (Wildman–Crippen LogP) is 3.98. The van der Waals surface area contributed by atoms with Crippen LogP contribution >= 0.6 is 44.1 Å². The van der Waals surface area contributed by atoms with E-state index in [-0.39, 0.29) is 6.61 Å². The summed E-state index contributed by atoms with van der Waals surface area (Å²) in [4.78, 5) is 11.2. The maximum atomic E-state index is 11.2. The van der Waals surface area contributed by atoms with Crippen LogP contribution in [0.3, 0.4) is 0 Å². The molecule has 0 bridgehead atoms. The van der Waals surface area contributed by atoms with Gasteiger partial charge in [0.15, 0.2) is 10.1 Å². The van der Waals surface area contributed by atoms with E-state index in [1.54, 1.807) is 6.92 Å². The van der Waals surface area contributed by atoms with Crippen molar-refractivity contribution in [3.05, 3.63) is 46.5 Å². The second-order valence-corrected chi connectivity index (χ2v) is 6.01. The summed E-state index contributed by atoms with van der Waals surface area (Å²) in [7, 11) is 0. The fourth-order valence-electron chi connectivity index (χ4n) is 1.07. The monoisotopic (exact) mass is 406 g/mol. The zero-order valence-electron chi connectivity index (χ0n) is 10.2. The Kier molecular flexibility index (Phi) is 6.68. The van der Waals surface area contributed by atoms with Crippen molar-refractivity contribution >= 4 is 55.1 Å². The Balaban J connectivity index is 2.46. The van der Waals surface area contributed by atoms with Crippen LogP contribution in [0.2, 0.25) is 0 Å². The largest absolute Gasteiger partial charge is 0.465 e. The molecule has 0 radical (unpaired) electrons. The number of halogens is 2. The van der Waals surface area contributed by atoms with Crippen molar-refractivity contribution in [1.82, 2.24) is 0 Å². The van der Waals surface area contributed by atoms with Gasteiger partial charge in [0.25, 0.3) is 0 Å². The Morgan fingerprint density at radius 1 is 1.42 bits per heavy atom. The molecule has 1 aromatic carbocycles. The number of carbonyl (C=O) groups is 1. The number of rotatable bonds is 5. The molecule has 6 heteroatoms. The maximum Gasteiger partial charge on any atom is 0.333 e. The second-order valence-electron chi connectivity index (χ2n) is 3.70. The van der Waals surface area contributed by atoms with Gasteiger partial charge in [-0.3, -0.25) is 0 Å². The average molecular weight is 408 g/mol. The summed E-state index contributed by atoms with van der Waals surface area (Å²) in [6.45, 7) is 5.13. The third kappa shape index (κ3) is 5.84. The Morgan fingerprint density at radius 3 is 2.53 bits per heavy atom. The Labute approximate surface area is 134 Å². The lowest BCUT2D eigenvalue weighted by molar-refractivity contribution is -0.140. The molecule has 19 heavy (non-hydrogen) atoms. The van der Waals surface area contributed by atoms with Crippen molar-refractivity contribution in [2.24, 2.45) is 0 Å². The molecule has 0 aliphatic heterocycles. The molecule has 102 valence electrons. The Morgan fingerprint density at radius 2 is 2.00 bits per heavy atom. The van der Waals surface area contributed by atoms with Gasteiger partial charge in [0.2, 0.25) is 0 Å². The van der Waals surface area contributed by atoms with Crippen molar-refractivity contribution in [2.45, 2.75) is 11.9 Å². The van der Waals surface area contributed by atoms with Crippen LogP contribution in [-0.2, 0) is 14.3 Å². The molecule has 0 aliphatic rings. The van der Waals surface area contributed by atoms with Crippen molar-refractivity contribution in [3.8, 4) is 0 Å². The lowest BCUT2D eigenvalue weighted by Gasteiger charge is -2.14. The Bertz CT molecular complexity index is 485. The topological polar surface area (TPSA) is 35.5 Å². The summed E-state index contributed by atoms with van der Waals surface area (Å²) in [6, 6.07) is 7.42. The minimum Gasteiger partial charge on any atom is -0.465 e. The lowest BCUT2D eigenvalue weighted by Crippen LogP contribution is -2.19. The minimum absolute atomic E-state index is 0.0579. The SMILES string of the molecule is C=C(C)C(=O)OCC(Br)OC(=S)c1ccc(Br)cc1. The Hall–Kier alpha value is -0.720. The van der Waals surface area contributed by atoms with E-state index < -0.39 is 11.0 Å². The molecule has 0 saturated carbocycles. The van der Waals surface area contributed by atoms with E-state index in [2.05, 4.69) is 38.4 Å². The fraction of sp³-hybridized carbons (Fsp3) is 0.231. The molecule has 1 rings (SSSR count). The molecule has 0 saturated heterocycles. The molecule has 0 amide bonds. The van der Waals surface area contributed by atoms with E-state index in [1.807, 2.05) is 24.3 Å². The van der Waals surface area contributed by atoms with Gasteiger partial charge in [-0.1, -0.05) is 22.5 Å². The molecule has 1 atom stereocenters. The van der Waals surface area contributed by atoms with Gasteiger partial charge in [0.1, 0.15) is 6.61 Å². The van der Waals surface area contributed by atoms with Crippen LogP contribution in [-0.4, -0.2) is 22.6 Å². The molecule has 1 aromatic rings. The number of esters is 1. The summed E-state index contributed by atoms with van der Waals surface area (Å²) in [5, 5.41) is -0.160. The van der Waals surface area contributed by atoms with Gasteiger partial charge in [0, 0.05) is 15.6 Å². The molecule has 0 fully saturated rings. The van der Waals surface area contributed by atoms with Crippen LogP contribution in [0.5, 0.6) is 0 Å². The third-order valence-electron chi connectivity index (χ3n) is 2.01. The van der Waals surface area contributed by atoms with E-state index in [0.29, 0.717) is 10.6 Å². The second kappa shape index (κ2) is 7.77. The molecule has 0 spiro atoms. The van der Waals surface area contributed by atoms with E-state index >= 15 is 0 Å². The summed E-state index contributed by atoms with van der Waals surface area (Å²) in [5.74, 6) is -0.456. The zero-order chi connectivity index (χ0) is 14.4. The van der Waals surface area contributed by atoms with Gasteiger partial charge in [-0.25, -0.2) is 4.79 Å². The van der Waals surface area contributed by atoms with Gasteiger partial charge in [-0.15, -0.1) is 0 Å². The molecule has 1 unspecified atom stereocenters. The molecular weight excluding hydrogens is 396 g/mol. The number of hydrogen-bond acceptors (Lipinski definition) is 4. The molecular formula is C13H12Br2O3S. The first-order valence-corrected chi connectivity index (χ1v) is 7.45. The number of thiocarbonyl (C=S) groups is 1. The van der Waals surface area contributed by atoms with Crippen LogP contribution in [0.4, 0.5) is 0 Å². The first-order valence-electron chi connectivity index (χ1n) is 5.33. The van der Waals surface area contributed by atoms with E-state index in [1.165, 1.54) is 0 Å². The van der Waals surface area contributed by atoms with Gasteiger partial charge in [-0.05, 0) is 59.3 Å². The highest BCUT2D eigenvalue weighted by Gasteiger charge is 2.13. The molecule has 0 aromatic heterocycles. The highest BCUT2D eigenvalue weighted by atomic mass is 79.9. The van der Waals surface area contributed by atoms with E-state index in [0.717, 1.165) is 10.0 Å². The number of ether oxygens (including phenoxy) is 2. The average Bonchev–Trinajstić information content (AvgIpc) is 2.36. The summed E-state index contributed by atoms with van der Waals surface area (Å²) in [6.07, 6.45) is 0. The van der Waals surface area contributed by atoms with Crippen LogP contribution in [0.1, 0.15) is 12.5 Å². The summed E-state index contributed by atoms with van der Waals surface area (Å²) in [5.41, 5.74) is 1.13. The number of carbonyl (C=O) groups excluding carboxylic acids is 1. The minimum atomic E-state index is -0.494.